The third-order valence-corrected chi connectivity index (χ3v) is 5.09. The van der Waals surface area contributed by atoms with Crippen molar-refractivity contribution in [3.8, 4) is 16.9 Å². The van der Waals surface area contributed by atoms with Gasteiger partial charge in [-0.2, -0.15) is 0 Å². The minimum Gasteiger partial charge on any atom is -0.485 e. The van der Waals surface area contributed by atoms with E-state index in [1.807, 2.05) is 43.3 Å². The third-order valence-electron chi connectivity index (χ3n) is 4.36. The van der Waals surface area contributed by atoms with Crippen molar-refractivity contribution >= 4 is 28.5 Å². The number of carbonyl (C=O) groups is 2. The molecule has 3 N–H and O–H groups in total. The fourth-order valence-corrected chi connectivity index (χ4v) is 3.34. The van der Waals surface area contributed by atoms with Crippen molar-refractivity contribution in [3.63, 3.8) is 0 Å². The van der Waals surface area contributed by atoms with Gasteiger partial charge in [0.05, 0.1) is 0 Å². The first-order valence-corrected chi connectivity index (χ1v) is 10.5. The first-order chi connectivity index (χ1) is 14.6. The van der Waals surface area contributed by atoms with Crippen molar-refractivity contribution in [2.75, 3.05) is 17.7 Å². The molecule has 0 aliphatic carbocycles. The highest BCUT2D eigenvalue weighted by molar-refractivity contribution is 8.13. The van der Waals surface area contributed by atoms with Gasteiger partial charge in [-0.25, -0.2) is 0 Å². The predicted octanol–water partition coefficient (Wildman–Crippen LogP) is 4.12. The number of nitrogens with one attached hydrogen (secondary N) is 1. The number of aromatic nitrogens is 1. The molecule has 0 radical (unpaired) electrons. The van der Waals surface area contributed by atoms with Gasteiger partial charge in [-0.1, -0.05) is 36.9 Å². The van der Waals surface area contributed by atoms with Crippen LogP contribution >= 0.6 is 11.8 Å². The normalized spacial score (nSPS) is 10.5. The van der Waals surface area contributed by atoms with E-state index < -0.39 is 0 Å². The van der Waals surface area contributed by atoms with Gasteiger partial charge in [-0.15, -0.1) is 0 Å². The molecule has 30 heavy (non-hydrogen) atoms. The fraction of sp³-hybridized carbons (Fsp3) is 0.174. The van der Waals surface area contributed by atoms with Crippen molar-refractivity contribution in [1.82, 2.24) is 4.98 Å². The highest BCUT2D eigenvalue weighted by Crippen LogP contribution is 2.27. The summed E-state index contributed by atoms with van der Waals surface area (Å²) >= 11 is 1.24. The summed E-state index contributed by atoms with van der Waals surface area (Å²) in [5.74, 6) is 1.14. The van der Waals surface area contributed by atoms with Crippen LogP contribution < -0.4 is 15.8 Å². The first-order valence-electron chi connectivity index (χ1n) is 9.54. The quantitative estimate of drug-likeness (QED) is 0.568. The lowest BCUT2D eigenvalue weighted by molar-refractivity contribution is -0.112. The molecule has 0 bridgehead atoms. The molecule has 7 heteroatoms. The summed E-state index contributed by atoms with van der Waals surface area (Å²) in [6, 6.07) is 16.3. The van der Waals surface area contributed by atoms with E-state index in [2.05, 4.69) is 10.3 Å². The second-order valence-electron chi connectivity index (χ2n) is 6.38. The van der Waals surface area contributed by atoms with Crippen LogP contribution in [-0.4, -0.2) is 28.4 Å². The zero-order valence-electron chi connectivity index (χ0n) is 16.6. The Morgan fingerprint density at radius 1 is 1.07 bits per heavy atom. The Hall–Kier alpha value is -3.16. The number of hydrogen-bond acceptors (Lipinski definition) is 6. The van der Waals surface area contributed by atoms with E-state index in [4.69, 9.17) is 10.5 Å². The lowest BCUT2D eigenvalue weighted by Gasteiger charge is -2.12. The molecule has 6 nitrogen and oxygen atoms in total. The second-order valence-corrected chi connectivity index (χ2v) is 7.71. The van der Waals surface area contributed by atoms with Gasteiger partial charge in [0.1, 0.15) is 5.75 Å². The lowest BCUT2D eigenvalue weighted by atomic mass is 9.97. The molecule has 0 saturated heterocycles. The maximum atomic E-state index is 12.6. The standard InChI is InChI=1S/C23H23N3O3S/c1-2-30-22(27)15-29-20-7-5-16(6-8-20)21-13-17(3-4-18(21)14-24)23(28)26-19-9-11-25-12-10-19/h3-13H,2,14-15,24H2,1H3,(H,25,26,28). The molecular weight excluding hydrogens is 398 g/mol. The van der Waals surface area contributed by atoms with E-state index >= 15 is 0 Å². The number of benzene rings is 2. The third kappa shape index (κ3) is 5.68. The van der Waals surface area contributed by atoms with E-state index in [1.165, 1.54) is 11.8 Å². The van der Waals surface area contributed by atoms with Gasteiger partial charge in [0, 0.05) is 30.2 Å². The van der Waals surface area contributed by atoms with Crippen molar-refractivity contribution < 1.29 is 14.3 Å². The minimum absolute atomic E-state index is 0.0000876. The van der Waals surface area contributed by atoms with Crippen LogP contribution in [0.1, 0.15) is 22.8 Å². The van der Waals surface area contributed by atoms with Crippen LogP contribution in [0.3, 0.4) is 0 Å². The van der Waals surface area contributed by atoms with E-state index in [1.54, 1.807) is 30.6 Å². The summed E-state index contributed by atoms with van der Waals surface area (Å²) in [5, 5.41) is 2.86. The van der Waals surface area contributed by atoms with Crippen LogP contribution in [0, 0.1) is 0 Å². The first kappa shape index (κ1) is 21.5. The number of ether oxygens (including phenoxy) is 1. The molecule has 154 valence electrons. The Bertz CT molecular complexity index is 1010. The molecular formula is C23H23N3O3S. The number of pyridine rings is 1. The van der Waals surface area contributed by atoms with Crippen molar-refractivity contribution in [3.05, 3.63) is 78.1 Å². The van der Waals surface area contributed by atoms with E-state index in [0.29, 0.717) is 23.5 Å². The monoisotopic (exact) mass is 421 g/mol. The minimum atomic E-state index is -0.210. The summed E-state index contributed by atoms with van der Waals surface area (Å²) in [7, 11) is 0. The smallest absolute Gasteiger partial charge is 0.255 e. The van der Waals surface area contributed by atoms with Crippen molar-refractivity contribution in [2.45, 2.75) is 13.5 Å². The molecule has 0 unspecified atom stereocenters. The van der Waals surface area contributed by atoms with Crippen LogP contribution in [0.15, 0.2) is 67.0 Å². The molecule has 3 rings (SSSR count). The molecule has 0 atom stereocenters. The van der Waals surface area contributed by atoms with Gasteiger partial charge in [0.25, 0.3) is 5.91 Å². The largest absolute Gasteiger partial charge is 0.485 e. The van der Waals surface area contributed by atoms with Crippen molar-refractivity contribution in [1.29, 1.82) is 0 Å². The van der Waals surface area contributed by atoms with Crippen molar-refractivity contribution in [2.24, 2.45) is 5.73 Å². The van der Waals surface area contributed by atoms with Crippen LogP contribution in [0.5, 0.6) is 5.75 Å². The molecule has 0 fully saturated rings. The van der Waals surface area contributed by atoms with Gasteiger partial charge in [-0.3, -0.25) is 14.6 Å². The Balaban J connectivity index is 1.78. The predicted molar refractivity (Wildman–Crippen MR) is 121 cm³/mol. The summed E-state index contributed by atoms with van der Waals surface area (Å²) in [4.78, 5) is 28.2. The van der Waals surface area contributed by atoms with Crippen LogP contribution in [-0.2, 0) is 11.3 Å². The molecule has 1 amide bonds. The zero-order valence-corrected chi connectivity index (χ0v) is 17.4. The number of nitrogens with two attached hydrogens (primary N) is 1. The number of carbonyl (C=O) groups excluding carboxylic acids is 2. The maximum Gasteiger partial charge on any atom is 0.255 e. The molecule has 0 spiro atoms. The summed E-state index contributed by atoms with van der Waals surface area (Å²) < 4.78 is 5.53. The molecule has 3 aromatic rings. The van der Waals surface area contributed by atoms with Crippen LogP contribution in [0.4, 0.5) is 5.69 Å². The Labute approximate surface area is 179 Å². The highest BCUT2D eigenvalue weighted by Gasteiger charge is 2.12. The zero-order chi connectivity index (χ0) is 21.3. The number of thioether (sulfide) groups is 1. The van der Waals surface area contributed by atoms with Gasteiger partial charge in [0.2, 0.25) is 5.12 Å². The lowest BCUT2D eigenvalue weighted by Crippen LogP contribution is -2.12. The van der Waals surface area contributed by atoms with Gasteiger partial charge in [0.15, 0.2) is 6.61 Å². The summed E-state index contributed by atoms with van der Waals surface area (Å²) in [6.07, 6.45) is 3.24. The SMILES string of the molecule is CCSC(=O)COc1ccc(-c2cc(C(=O)Nc3ccncc3)ccc2CN)cc1. The molecule has 0 saturated carbocycles. The van der Waals surface area contributed by atoms with Gasteiger partial charge >= 0.3 is 0 Å². The van der Waals surface area contributed by atoms with E-state index in [-0.39, 0.29) is 17.6 Å². The number of rotatable bonds is 8. The highest BCUT2D eigenvalue weighted by atomic mass is 32.2. The average Bonchev–Trinajstić information content (AvgIpc) is 2.78. The number of anilines is 1. The van der Waals surface area contributed by atoms with E-state index in [9.17, 15) is 9.59 Å². The molecule has 2 aromatic carbocycles. The number of nitrogens with zero attached hydrogens (tertiary/aromatic N) is 1. The van der Waals surface area contributed by atoms with Crippen LogP contribution in [0.25, 0.3) is 11.1 Å². The summed E-state index contributed by atoms with van der Waals surface area (Å²) in [6.45, 7) is 2.32. The molecule has 0 aliphatic heterocycles. The second kappa shape index (κ2) is 10.6. The number of amides is 1. The Morgan fingerprint density at radius 3 is 2.47 bits per heavy atom. The van der Waals surface area contributed by atoms with Crippen LogP contribution in [0.2, 0.25) is 0 Å². The fourth-order valence-electron chi connectivity index (χ4n) is 2.88. The van der Waals surface area contributed by atoms with Gasteiger partial charge in [-0.05, 0) is 58.8 Å². The maximum absolute atomic E-state index is 12.6. The van der Waals surface area contributed by atoms with E-state index in [0.717, 1.165) is 22.4 Å². The Morgan fingerprint density at radius 2 is 1.80 bits per heavy atom. The summed E-state index contributed by atoms with van der Waals surface area (Å²) in [5.41, 5.74) is 9.83. The van der Waals surface area contributed by atoms with Gasteiger partial charge < -0.3 is 15.8 Å². The average molecular weight is 422 g/mol. The topological polar surface area (TPSA) is 94.3 Å². The number of hydrogen-bond donors (Lipinski definition) is 2. The molecule has 1 heterocycles. The Kier molecular flexibility index (Phi) is 7.59. The molecule has 0 aliphatic rings. The molecule has 1 aromatic heterocycles.